The first-order chi connectivity index (χ1) is 13.9. The van der Waals surface area contributed by atoms with E-state index in [0.717, 1.165) is 5.56 Å². The van der Waals surface area contributed by atoms with E-state index >= 15 is 0 Å². The summed E-state index contributed by atoms with van der Waals surface area (Å²) >= 11 is 0. The summed E-state index contributed by atoms with van der Waals surface area (Å²) in [4.78, 5) is 37.7. The number of carbonyl (C=O) groups excluding carboxylic acids is 3. The van der Waals surface area contributed by atoms with Gasteiger partial charge in [-0.2, -0.15) is 0 Å². The lowest BCUT2D eigenvalue weighted by Crippen LogP contribution is -2.48. The molecule has 1 atom stereocenters. The van der Waals surface area contributed by atoms with E-state index in [2.05, 4.69) is 15.5 Å². The number of halogens is 1. The van der Waals surface area contributed by atoms with Crippen molar-refractivity contribution in [1.82, 2.24) is 20.4 Å². The fraction of sp³-hybridized carbons (Fsp3) is 0.476. The SMILES string of the molecule is CC(=O)N(C)CC(=O)NC(C(=O)c1nnc(C(C)(C)c2ccc(F)cc2)o1)C(C)C. The van der Waals surface area contributed by atoms with Crippen LogP contribution in [0, 0.1) is 11.7 Å². The Hall–Kier alpha value is -3.10. The third kappa shape index (κ3) is 5.28. The lowest BCUT2D eigenvalue weighted by molar-refractivity contribution is -0.133. The third-order valence-corrected chi connectivity index (χ3v) is 4.92. The first kappa shape index (κ1) is 23.2. The molecule has 30 heavy (non-hydrogen) atoms. The van der Waals surface area contributed by atoms with Crippen LogP contribution in [-0.2, 0) is 15.0 Å². The van der Waals surface area contributed by atoms with Gasteiger partial charge in [-0.25, -0.2) is 4.39 Å². The summed E-state index contributed by atoms with van der Waals surface area (Å²) in [5.74, 6) is -1.88. The largest absolute Gasteiger partial charge is 0.417 e. The molecule has 1 unspecified atom stereocenters. The summed E-state index contributed by atoms with van der Waals surface area (Å²) in [6, 6.07) is 5.01. The zero-order valence-electron chi connectivity index (χ0n) is 18.0. The third-order valence-electron chi connectivity index (χ3n) is 4.92. The Labute approximate surface area is 174 Å². The first-order valence-corrected chi connectivity index (χ1v) is 9.58. The quantitative estimate of drug-likeness (QED) is 0.660. The van der Waals surface area contributed by atoms with Gasteiger partial charge in [-0.3, -0.25) is 14.4 Å². The predicted molar refractivity (Wildman–Crippen MR) is 107 cm³/mol. The molecule has 1 aromatic heterocycles. The number of Topliss-reactive ketones (excluding diaryl/α,β-unsaturated/α-hetero) is 1. The van der Waals surface area contributed by atoms with Gasteiger partial charge < -0.3 is 14.6 Å². The summed E-state index contributed by atoms with van der Waals surface area (Å²) in [7, 11) is 1.50. The molecule has 8 nitrogen and oxygen atoms in total. The molecule has 2 aromatic rings. The molecular weight excluding hydrogens is 391 g/mol. The van der Waals surface area contributed by atoms with E-state index in [1.54, 1.807) is 26.0 Å². The van der Waals surface area contributed by atoms with Crippen molar-refractivity contribution in [3.8, 4) is 0 Å². The van der Waals surface area contributed by atoms with Crippen LogP contribution in [0.25, 0.3) is 0 Å². The average molecular weight is 418 g/mol. The number of nitrogens with one attached hydrogen (secondary N) is 1. The zero-order chi connectivity index (χ0) is 22.6. The monoisotopic (exact) mass is 418 g/mol. The van der Waals surface area contributed by atoms with Gasteiger partial charge in [0, 0.05) is 14.0 Å². The molecule has 9 heteroatoms. The highest BCUT2D eigenvalue weighted by Crippen LogP contribution is 2.30. The molecule has 2 amide bonds. The summed E-state index contributed by atoms with van der Waals surface area (Å²) in [6.45, 7) is 8.37. The van der Waals surface area contributed by atoms with Gasteiger partial charge in [0.15, 0.2) is 0 Å². The van der Waals surface area contributed by atoms with Crippen molar-refractivity contribution in [1.29, 1.82) is 0 Å². The molecule has 0 aliphatic rings. The van der Waals surface area contributed by atoms with Crippen molar-refractivity contribution in [2.45, 2.75) is 46.1 Å². The first-order valence-electron chi connectivity index (χ1n) is 9.58. The van der Waals surface area contributed by atoms with Crippen LogP contribution in [-0.4, -0.2) is 52.3 Å². The highest BCUT2D eigenvalue weighted by Gasteiger charge is 2.34. The molecule has 0 aliphatic heterocycles. The number of carbonyl (C=O) groups is 3. The fourth-order valence-electron chi connectivity index (χ4n) is 2.78. The number of hydrogen-bond donors (Lipinski definition) is 1. The normalized spacial score (nSPS) is 12.5. The van der Waals surface area contributed by atoms with Gasteiger partial charge in [0.25, 0.3) is 5.89 Å². The van der Waals surface area contributed by atoms with E-state index in [0.29, 0.717) is 0 Å². The van der Waals surface area contributed by atoms with E-state index in [1.807, 2.05) is 13.8 Å². The molecule has 0 spiro atoms. The standard InChI is InChI=1S/C21H27FN4O4/c1-12(2)17(23-16(28)11-26(6)13(3)27)18(29)19-24-25-20(30-19)21(4,5)14-7-9-15(22)10-8-14/h7-10,12,17H,11H2,1-6H3,(H,23,28). The van der Waals surface area contributed by atoms with Gasteiger partial charge in [-0.05, 0) is 37.5 Å². The average Bonchev–Trinajstić information content (AvgIpc) is 3.16. The van der Waals surface area contributed by atoms with Crippen molar-refractivity contribution >= 4 is 17.6 Å². The van der Waals surface area contributed by atoms with Crippen LogP contribution in [0.15, 0.2) is 28.7 Å². The molecular formula is C21H27FN4O4. The molecule has 1 heterocycles. The number of rotatable bonds is 8. The second-order valence-electron chi connectivity index (χ2n) is 8.07. The molecule has 2 rings (SSSR count). The highest BCUT2D eigenvalue weighted by atomic mass is 19.1. The molecule has 1 N–H and O–H groups in total. The van der Waals surface area contributed by atoms with Gasteiger partial charge in [-0.15, -0.1) is 10.2 Å². The number of hydrogen-bond acceptors (Lipinski definition) is 6. The summed E-state index contributed by atoms with van der Waals surface area (Å²) in [5.41, 5.74) is -0.00691. The summed E-state index contributed by atoms with van der Waals surface area (Å²) in [5, 5.41) is 10.5. The second-order valence-corrected chi connectivity index (χ2v) is 8.07. The Balaban J connectivity index is 2.20. The van der Waals surface area contributed by atoms with Gasteiger partial charge in [0.1, 0.15) is 5.82 Å². The number of benzene rings is 1. The number of nitrogens with zero attached hydrogens (tertiary/aromatic N) is 3. The van der Waals surface area contributed by atoms with Crippen molar-refractivity contribution in [2.75, 3.05) is 13.6 Å². The van der Waals surface area contributed by atoms with Crippen LogP contribution in [0.4, 0.5) is 4.39 Å². The molecule has 0 aliphatic carbocycles. The van der Waals surface area contributed by atoms with Crippen molar-refractivity contribution < 1.29 is 23.2 Å². The number of amides is 2. The Morgan fingerprint density at radius 3 is 2.30 bits per heavy atom. The Morgan fingerprint density at radius 2 is 1.77 bits per heavy atom. The number of aromatic nitrogens is 2. The van der Waals surface area contributed by atoms with Crippen LogP contribution >= 0.6 is 0 Å². The summed E-state index contributed by atoms with van der Waals surface area (Å²) in [6.07, 6.45) is 0. The minimum atomic E-state index is -0.889. The lowest BCUT2D eigenvalue weighted by Gasteiger charge is -2.22. The number of ketones is 1. The lowest BCUT2D eigenvalue weighted by atomic mass is 9.84. The van der Waals surface area contributed by atoms with Crippen LogP contribution < -0.4 is 5.32 Å². The van der Waals surface area contributed by atoms with E-state index in [4.69, 9.17) is 4.42 Å². The molecule has 1 aromatic carbocycles. The van der Waals surface area contributed by atoms with Gasteiger partial charge in [0.2, 0.25) is 23.5 Å². The maximum Gasteiger partial charge on any atom is 0.286 e. The van der Waals surface area contributed by atoms with E-state index in [1.165, 1.54) is 31.0 Å². The van der Waals surface area contributed by atoms with Crippen LogP contribution in [0.5, 0.6) is 0 Å². The second kappa shape index (κ2) is 9.15. The molecule has 0 saturated heterocycles. The topological polar surface area (TPSA) is 105 Å². The molecule has 0 bridgehead atoms. The number of likely N-dealkylation sites (N-methyl/N-ethyl adjacent to an activating group) is 1. The fourth-order valence-corrected chi connectivity index (χ4v) is 2.78. The smallest absolute Gasteiger partial charge is 0.286 e. The minimum absolute atomic E-state index is 0.168. The summed E-state index contributed by atoms with van der Waals surface area (Å²) < 4.78 is 18.9. The highest BCUT2D eigenvalue weighted by molar-refractivity contribution is 5.99. The van der Waals surface area contributed by atoms with Gasteiger partial charge >= 0.3 is 0 Å². The Bertz CT molecular complexity index is 921. The van der Waals surface area contributed by atoms with Crippen molar-refractivity contribution in [3.05, 3.63) is 47.4 Å². The zero-order valence-corrected chi connectivity index (χ0v) is 18.0. The van der Waals surface area contributed by atoms with E-state index in [-0.39, 0.29) is 36.0 Å². The molecule has 162 valence electrons. The molecule has 0 saturated carbocycles. The maximum absolute atomic E-state index is 13.2. The molecule has 0 radical (unpaired) electrons. The molecule has 0 fully saturated rings. The van der Waals surface area contributed by atoms with E-state index < -0.39 is 23.1 Å². The minimum Gasteiger partial charge on any atom is -0.417 e. The Morgan fingerprint density at radius 1 is 1.17 bits per heavy atom. The van der Waals surface area contributed by atoms with Gasteiger partial charge in [0.05, 0.1) is 18.0 Å². The van der Waals surface area contributed by atoms with Crippen LogP contribution in [0.2, 0.25) is 0 Å². The van der Waals surface area contributed by atoms with Crippen LogP contribution in [0.3, 0.4) is 0 Å². The predicted octanol–water partition coefficient (Wildman–Crippen LogP) is 2.34. The van der Waals surface area contributed by atoms with Crippen molar-refractivity contribution in [2.24, 2.45) is 5.92 Å². The maximum atomic E-state index is 13.2. The van der Waals surface area contributed by atoms with Gasteiger partial charge in [-0.1, -0.05) is 26.0 Å². The van der Waals surface area contributed by atoms with Crippen LogP contribution in [0.1, 0.15) is 56.8 Å². The van der Waals surface area contributed by atoms with E-state index in [9.17, 15) is 18.8 Å². The van der Waals surface area contributed by atoms with Crippen molar-refractivity contribution in [3.63, 3.8) is 0 Å². The Kier molecular flexibility index (Phi) is 7.07.